The Morgan fingerprint density at radius 2 is 2.13 bits per heavy atom. The summed E-state index contributed by atoms with van der Waals surface area (Å²) >= 11 is 6.24. The number of benzene rings is 1. The molecule has 3 N–H and O–H groups in total. The maximum absolute atomic E-state index is 12.7. The highest BCUT2D eigenvalue weighted by atomic mass is 35.5. The van der Waals surface area contributed by atoms with E-state index in [1.54, 1.807) is 4.90 Å². The fourth-order valence-electron chi connectivity index (χ4n) is 5.12. The normalized spacial score (nSPS) is 29.4. The van der Waals surface area contributed by atoms with Crippen LogP contribution in [-0.2, 0) is 14.3 Å². The highest BCUT2D eigenvalue weighted by Crippen LogP contribution is 2.53. The van der Waals surface area contributed by atoms with Crippen molar-refractivity contribution < 1.29 is 24.2 Å². The van der Waals surface area contributed by atoms with Crippen LogP contribution in [0.5, 0.6) is 5.75 Å². The predicted octanol–water partition coefficient (Wildman–Crippen LogP) is 3.42. The molecule has 0 unspecified atom stereocenters. The minimum absolute atomic E-state index is 0. The molecule has 0 bridgehead atoms. The summed E-state index contributed by atoms with van der Waals surface area (Å²) in [6.45, 7) is 5.31. The van der Waals surface area contributed by atoms with Crippen molar-refractivity contribution in [2.24, 2.45) is 17.6 Å². The number of nitrogens with zero attached hydrogens (tertiary/aromatic N) is 1. The molecule has 1 aromatic rings. The highest BCUT2D eigenvalue weighted by Gasteiger charge is 2.51. The number of carboxylic acids is 1. The fourth-order valence-corrected chi connectivity index (χ4v) is 5.30. The second-order valence-corrected chi connectivity index (χ2v) is 9.63. The van der Waals surface area contributed by atoms with Gasteiger partial charge in [0, 0.05) is 41.9 Å². The Morgan fingerprint density at radius 3 is 2.84 bits per heavy atom. The summed E-state index contributed by atoms with van der Waals surface area (Å²) in [4.78, 5) is 25.3. The number of hydrogen-bond acceptors (Lipinski definition) is 5. The first-order valence-electron chi connectivity index (χ1n) is 10.6. The van der Waals surface area contributed by atoms with Gasteiger partial charge in [0.15, 0.2) is 0 Å². The number of fused-ring (bicyclic) bond motifs is 4. The topological polar surface area (TPSA) is 102 Å². The molecule has 1 amide bonds. The van der Waals surface area contributed by atoms with Crippen LogP contribution < -0.4 is 10.5 Å². The number of carboxylic acid groups (broad SMARTS) is 1. The van der Waals surface area contributed by atoms with Gasteiger partial charge in [-0.05, 0) is 51.3 Å². The van der Waals surface area contributed by atoms with Gasteiger partial charge < -0.3 is 25.2 Å². The van der Waals surface area contributed by atoms with Crippen LogP contribution in [0.3, 0.4) is 0 Å². The molecule has 0 radical (unpaired) electrons. The number of halogens is 2. The molecule has 0 spiro atoms. The summed E-state index contributed by atoms with van der Waals surface area (Å²) < 4.78 is 12.9. The molecule has 3 aliphatic heterocycles. The number of nitrogens with two attached hydrogens (primary N) is 1. The zero-order chi connectivity index (χ0) is 21.6. The van der Waals surface area contributed by atoms with Crippen molar-refractivity contribution in [2.75, 3.05) is 13.1 Å². The Kier molecular flexibility index (Phi) is 7.11. The number of hydrogen-bond donors (Lipinski definition) is 2. The number of piperidine rings is 1. The molecule has 0 aromatic heterocycles. The van der Waals surface area contributed by atoms with Crippen LogP contribution >= 0.6 is 24.0 Å². The number of ether oxygens (including phenoxy) is 2. The molecule has 3 heterocycles. The second kappa shape index (κ2) is 9.14. The first kappa shape index (κ1) is 24.1. The Hall–Kier alpha value is -1.54. The van der Waals surface area contributed by atoms with Gasteiger partial charge in [-0.3, -0.25) is 9.59 Å². The van der Waals surface area contributed by atoms with E-state index in [1.807, 2.05) is 18.2 Å². The summed E-state index contributed by atoms with van der Waals surface area (Å²) in [7, 11) is 0. The van der Waals surface area contributed by atoms with E-state index in [9.17, 15) is 9.59 Å². The molecule has 172 valence electrons. The van der Waals surface area contributed by atoms with E-state index in [2.05, 4.69) is 13.8 Å². The van der Waals surface area contributed by atoms with Gasteiger partial charge in [0.2, 0.25) is 5.91 Å². The summed E-state index contributed by atoms with van der Waals surface area (Å²) in [5, 5.41) is 9.50. The smallest absolute Gasteiger partial charge is 0.303 e. The first-order chi connectivity index (χ1) is 14.2. The molecule has 0 aliphatic carbocycles. The molecular formula is C22H30Cl2N2O5. The quantitative estimate of drug-likeness (QED) is 0.695. The van der Waals surface area contributed by atoms with Gasteiger partial charge in [-0.2, -0.15) is 0 Å². The third kappa shape index (κ3) is 4.80. The van der Waals surface area contributed by atoms with Crippen molar-refractivity contribution in [3.05, 3.63) is 28.8 Å². The van der Waals surface area contributed by atoms with Crippen LogP contribution in [0.4, 0.5) is 0 Å². The maximum atomic E-state index is 12.7. The van der Waals surface area contributed by atoms with Gasteiger partial charge in [0.05, 0.1) is 18.2 Å². The summed E-state index contributed by atoms with van der Waals surface area (Å²) in [6.07, 6.45) is 1.64. The molecular weight excluding hydrogens is 443 g/mol. The molecule has 4 rings (SSSR count). The van der Waals surface area contributed by atoms with Gasteiger partial charge in [0.1, 0.15) is 11.4 Å². The third-order valence-electron chi connectivity index (χ3n) is 6.75. The fraction of sp³-hybridized carbons (Fsp3) is 0.636. The average molecular weight is 473 g/mol. The molecule has 9 heteroatoms. The lowest BCUT2D eigenvalue weighted by Gasteiger charge is -2.53. The minimum Gasteiger partial charge on any atom is -0.487 e. The van der Waals surface area contributed by atoms with Crippen molar-refractivity contribution in [3.8, 4) is 5.75 Å². The van der Waals surface area contributed by atoms with Crippen molar-refractivity contribution in [3.63, 3.8) is 0 Å². The number of likely N-dealkylation sites (tertiary alicyclic amines) is 1. The average Bonchev–Trinajstić information content (AvgIpc) is 2.70. The van der Waals surface area contributed by atoms with Crippen molar-refractivity contribution in [2.45, 2.75) is 63.4 Å². The monoisotopic (exact) mass is 472 g/mol. The van der Waals surface area contributed by atoms with Crippen molar-refractivity contribution in [1.82, 2.24) is 4.90 Å². The zero-order valence-corrected chi connectivity index (χ0v) is 19.3. The van der Waals surface area contributed by atoms with Gasteiger partial charge >= 0.3 is 5.97 Å². The Labute approximate surface area is 193 Å². The summed E-state index contributed by atoms with van der Waals surface area (Å²) in [5.74, 6) is 0.0394. The van der Waals surface area contributed by atoms with E-state index in [0.29, 0.717) is 18.1 Å². The third-order valence-corrected chi connectivity index (χ3v) is 6.99. The van der Waals surface area contributed by atoms with Crippen LogP contribution in [0.15, 0.2) is 18.2 Å². The van der Waals surface area contributed by atoms with E-state index in [4.69, 9.17) is 31.9 Å². The zero-order valence-electron chi connectivity index (χ0n) is 17.8. The molecule has 5 atom stereocenters. The molecule has 31 heavy (non-hydrogen) atoms. The predicted molar refractivity (Wildman–Crippen MR) is 119 cm³/mol. The Bertz CT molecular complexity index is 849. The van der Waals surface area contributed by atoms with Crippen LogP contribution in [0.1, 0.15) is 51.2 Å². The van der Waals surface area contributed by atoms with Gasteiger partial charge in [-0.25, -0.2) is 0 Å². The molecule has 7 nitrogen and oxygen atoms in total. The minimum atomic E-state index is -0.941. The van der Waals surface area contributed by atoms with Crippen molar-refractivity contribution in [1.29, 1.82) is 0 Å². The molecule has 0 saturated carbocycles. The summed E-state index contributed by atoms with van der Waals surface area (Å²) in [5.41, 5.74) is 6.56. The summed E-state index contributed by atoms with van der Waals surface area (Å²) in [6, 6.07) is 4.90. The molecule has 3 aliphatic rings. The molecule has 2 fully saturated rings. The number of amides is 1. The van der Waals surface area contributed by atoms with E-state index in [0.717, 1.165) is 24.2 Å². The molecule has 2 saturated heterocycles. The lowest BCUT2D eigenvalue weighted by atomic mass is 9.70. The van der Waals surface area contributed by atoms with Crippen LogP contribution in [-0.4, -0.2) is 52.7 Å². The van der Waals surface area contributed by atoms with Crippen LogP contribution in [0, 0.1) is 11.8 Å². The largest absolute Gasteiger partial charge is 0.487 e. The van der Waals surface area contributed by atoms with E-state index < -0.39 is 17.6 Å². The van der Waals surface area contributed by atoms with Gasteiger partial charge in [-0.15, -0.1) is 12.4 Å². The van der Waals surface area contributed by atoms with Crippen molar-refractivity contribution >= 4 is 35.9 Å². The maximum Gasteiger partial charge on any atom is 0.303 e. The number of carbonyl (C=O) groups excluding carboxylic acids is 1. The van der Waals surface area contributed by atoms with Gasteiger partial charge in [-0.1, -0.05) is 11.6 Å². The number of rotatable bonds is 4. The van der Waals surface area contributed by atoms with E-state index in [1.165, 1.54) is 0 Å². The number of aliphatic carboxylic acids is 1. The van der Waals surface area contributed by atoms with Crippen LogP contribution in [0.2, 0.25) is 5.02 Å². The second-order valence-electron chi connectivity index (χ2n) is 9.20. The van der Waals surface area contributed by atoms with Gasteiger partial charge in [0.25, 0.3) is 0 Å². The SMILES string of the molecule is CC1(C)Oc2ccc(Cl)cc2[C@H]2O[C@H]3CCN(C(=O)[C@@H](N)CCC(=O)O)C[C@H]3C[C@@H]21.Cl. The Morgan fingerprint density at radius 1 is 1.39 bits per heavy atom. The number of carbonyl (C=O) groups is 2. The highest BCUT2D eigenvalue weighted by molar-refractivity contribution is 6.30. The van der Waals surface area contributed by atoms with Crippen LogP contribution in [0.25, 0.3) is 0 Å². The standard InChI is InChI=1S/C22H29ClN2O5.ClH/c1-22(2)15-9-12-11-25(21(28)16(24)4-6-19(26)27)8-7-17(12)29-20(15)14-10-13(23)3-5-18(14)30-22;/h3,5,10,12,15-17,20H,4,6-9,11,24H2,1-2H3,(H,26,27);1H/t12-,15+,16+,17+,20-;/m1./s1. The van der Waals surface area contributed by atoms with E-state index in [-0.39, 0.29) is 55.2 Å². The van der Waals surface area contributed by atoms with E-state index >= 15 is 0 Å². The Balaban J connectivity index is 0.00000272. The lowest BCUT2D eigenvalue weighted by Crippen LogP contribution is -2.57. The molecule has 1 aromatic carbocycles. The lowest BCUT2D eigenvalue weighted by molar-refractivity contribution is -0.189. The first-order valence-corrected chi connectivity index (χ1v) is 10.9.